The van der Waals surface area contributed by atoms with Gasteiger partial charge >= 0.3 is 0 Å². The van der Waals surface area contributed by atoms with E-state index in [-0.39, 0.29) is 6.04 Å². The van der Waals surface area contributed by atoms with E-state index in [2.05, 4.69) is 0 Å². The fourth-order valence-electron chi connectivity index (χ4n) is 1.83. The molecule has 4 heteroatoms. The molecular weight excluding hydrogens is 222 g/mol. The van der Waals surface area contributed by atoms with Crippen molar-refractivity contribution in [3.05, 3.63) is 29.8 Å². The van der Waals surface area contributed by atoms with Gasteiger partial charge in [0.25, 0.3) is 0 Å². The molecule has 0 radical (unpaired) electrons. The van der Waals surface area contributed by atoms with Crippen LogP contribution in [0.2, 0.25) is 0 Å². The fraction of sp³-hybridized carbons (Fsp3) is 0.500. The van der Waals surface area contributed by atoms with E-state index in [1.165, 1.54) is 0 Å². The van der Waals surface area contributed by atoms with Crippen LogP contribution in [0.3, 0.4) is 0 Å². The van der Waals surface area contributed by atoms with E-state index in [0.717, 1.165) is 18.4 Å². The topological polar surface area (TPSA) is 37.4 Å². The lowest BCUT2D eigenvalue weighted by atomic mass is 10.2. The standard InChI is InChI=1S/C12H17NO2S/c1-3-13(11-6-7-11)16(14,15)12-8-4-10(2)5-9-12/h4-5,8-9,11H,3,6-7H2,1-2H3. The quantitative estimate of drug-likeness (QED) is 0.807. The number of hydrogen-bond donors (Lipinski definition) is 0. The van der Waals surface area contributed by atoms with Gasteiger partial charge in [0.1, 0.15) is 0 Å². The summed E-state index contributed by atoms with van der Waals surface area (Å²) >= 11 is 0. The molecule has 1 aromatic rings. The van der Waals surface area contributed by atoms with Crippen LogP contribution in [0.25, 0.3) is 0 Å². The Bertz CT molecular complexity index is 460. The zero-order valence-electron chi connectivity index (χ0n) is 9.68. The lowest BCUT2D eigenvalue weighted by Gasteiger charge is -2.19. The van der Waals surface area contributed by atoms with Gasteiger partial charge in [0, 0.05) is 12.6 Å². The molecule has 16 heavy (non-hydrogen) atoms. The van der Waals surface area contributed by atoms with Gasteiger partial charge in [-0.15, -0.1) is 0 Å². The van der Waals surface area contributed by atoms with Gasteiger partial charge < -0.3 is 0 Å². The van der Waals surface area contributed by atoms with Gasteiger partial charge in [-0.1, -0.05) is 24.6 Å². The number of aryl methyl sites for hydroxylation is 1. The zero-order valence-corrected chi connectivity index (χ0v) is 10.5. The summed E-state index contributed by atoms with van der Waals surface area (Å²) in [4.78, 5) is 0.409. The second-order valence-electron chi connectivity index (χ2n) is 4.25. The molecule has 1 fully saturated rings. The van der Waals surface area contributed by atoms with Crippen molar-refractivity contribution in [2.45, 2.75) is 37.6 Å². The predicted octanol–water partition coefficient (Wildman–Crippen LogP) is 2.17. The Balaban J connectivity index is 2.33. The molecule has 1 saturated carbocycles. The Morgan fingerprint density at radius 2 is 1.81 bits per heavy atom. The van der Waals surface area contributed by atoms with Crippen LogP contribution in [0.4, 0.5) is 0 Å². The van der Waals surface area contributed by atoms with Crippen LogP contribution in [0.15, 0.2) is 29.2 Å². The fourth-order valence-corrected chi connectivity index (χ4v) is 3.53. The van der Waals surface area contributed by atoms with Gasteiger partial charge in [0.15, 0.2) is 0 Å². The lowest BCUT2D eigenvalue weighted by molar-refractivity contribution is 0.421. The monoisotopic (exact) mass is 239 g/mol. The van der Waals surface area contributed by atoms with Gasteiger partial charge in [-0.05, 0) is 31.9 Å². The van der Waals surface area contributed by atoms with E-state index in [0.29, 0.717) is 11.4 Å². The van der Waals surface area contributed by atoms with Crippen LogP contribution in [-0.2, 0) is 10.0 Å². The molecule has 0 N–H and O–H groups in total. The highest BCUT2D eigenvalue weighted by atomic mass is 32.2. The van der Waals surface area contributed by atoms with Crippen molar-refractivity contribution in [3.8, 4) is 0 Å². The number of hydrogen-bond acceptors (Lipinski definition) is 2. The van der Waals surface area contributed by atoms with Gasteiger partial charge in [0.05, 0.1) is 4.90 Å². The lowest BCUT2D eigenvalue weighted by Crippen LogP contribution is -2.32. The molecular formula is C12H17NO2S. The van der Waals surface area contributed by atoms with E-state index < -0.39 is 10.0 Å². The van der Waals surface area contributed by atoms with Crippen LogP contribution in [0.1, 0.15) is 25.3 Å². The SMILES string of the molecule is CCN(C1CC1)S(=O)(=O)c1ccc(C)cc1. The number of benzene rings is 1. The van der Waals surface area contributed by atoms with Crippen molar-refractivity contribution in [1.82, 2.24) is 4.31 Å². The van der Waals surface area contributed by atoms with Crippen LogP contribution in [0.5, 0.6) is 0 Å². The Labute approximate surface area is 97.1 Å². The van der Waals surface area contributed by atoms with Gasteiger partial charge in [-0.25, -0.2) is 8.42 Å². The van der Waals surface area contributed by atoms with Crippen LogP contribution >= 0.6 is 0 Å². The second-order valence-corrected chi connectivity index (χ2v) is 6.14. The molecule has 2 rings (SSSR count). The molecule has 0 bridgehead atoms. The Hall–Kier alpha value is -0.870. The molecule has 0 aliphatic heterocycles. The molecule has 1 aromatic carbocycles. The first kappa shape index (κ1) is 11.6. The van der Waals surface area contributed by atoms with Gasteiger partial charge in [0.2, 0.25) is 10.0 Å². The predicted molar refractivity (Wildman–Crippen MR) is 63.8 cm³/mol. The summed E-state index contributed by atoms with van der Waals surface area (Å²) in [6, 6.07) is 7.29. The largest absolute Gasteiger partial charge is 0.243 e. The second kappa shape index (κ2) is 4.18. The van der Waals surface area contributed by atoms with Crippen molar-refractivity contribution >= 4 is 10.0 Å². The van der Waals surface area contributed by atoms with E-state index in [9.17, 15) is 8.42 Å². The summed E-state index contributed by atoms with van der Waals surface area (Å²) in [6.07, 6.45) is 2.00. The first-order valence-corrected chi connectivity index (χ1v) is 7.08. The maximum Gasteiger partial charge on any atom is 0.243 e. The molecule has 88 valence electrons. The molecule has 0 aromatic heterocycles. The molecule has 0 saturated heterocycles. The van der Waals surface area contributed by atoms with Crippen molar-refractivity contribution in [2.24, 2.45) is 0 Å². The number of nitrogens with zero attached hydrogens (tertiary/aromatic N) is 1. The maximum atomic E-state index is 12.3. The molecule has 0 unspecified atom stereocenters. The summed E-state index contributed by atoms with van der Waals surface area (Å²) in [6.45, 7) is 4.40. The number of rotatable bonds is 4. The Kier molecular flexibility index (Phi) is 3.04. The molecule has 0 spiro atoms. The molecule has 3 nitrogen and oxygen atoms in total. The summed E-state index contributed by atoms with van der Waals surface area (Å²) in [5.41, 5.74) is 1.08. The summed E-state index contributed by atoms with van der Waals surface area (Å²) < 4.78 is 26.2. The summed E-state index contributed by atoms with van der Waals surface area (Å²) in [5, 5.41) is 0. The van der Waals surface area contributed by atoms with Gasteiger partial charge in [-0.2, -0.15) is 4.31 Å². The highest BCUT2D eigenvalue weighted by molar-refractivity contribution is 7.89. The van der Waals surface area contributed by atoms with Crippen LogP contribution in [0, 0.1) is 6.92 Å². The van der Waals surface area contributed by atoms with E-state index in [1.807, 2.05) is 26.0 Å². The minimum Gasteiger partial charge on any atom is -0.207 e. The summed E-state index contributed by atoms with van der Waals surface area (Å²) in [5.74, 6) is 0. The smallest absolute Gasteiger partial charge is 0.207 e. The molecule has 0 amide bonds. The van der Waals surface area contributed by atoms with Gasteiger partial charge in [-0.3, -0.25) is 0 Å². The number of sulfonamides is 1. The normalized spacial score (nSPS) is 16.7. The van der Waals surface area contributed by atoms with E-state index in [4.69, 9.17) is 0 Å². The van der Waals surface area contributed by atoms with Crippen molar-refractivity contribution < 1.29 is 8.42 Å². The molecule has 0 atom stereocenters. The average molecular weight is 239 g/mol. The zero-order chi connectivity index (χ0) is 11.8. The highest BCUT2D eigenvalue weighted by Crippen LogP contribution is 2.31. The Morgan fingerprint density at radius 1 is 1.25 bits per heavy atom. The molecule has 1 aliphatic carbocycles. The first-order valence-electron chi connectivity index (χ1n) is 5.64. The third-order valence-corrected chi connectivity index (χ3v) is 4.94. The van der Waals surface area contributed by atoms with Crippen molar-refractivity contribution in [3.63, 3.8) is 0 Å². The van der Waals surface area contributed by atoms with Crippen molar-refractivity contribution in [2.75, 3.05) is 6.54 Å². The van der Waals surface area contributed by atoms with Crippen molar-refractivity contribution in [1.29, 1.82) is 0 Å². The maximum absolute atomic E-state index is 12.3. The highest BCUT2D eigenvalue weighted by Gasteiger charge is 2.36. The average Bonchev–Trinajstić information content (AvgIpc) is 3.03. The minimum absolute atomic E-state index is 0.233. The third-order valence-electron chi connectivity index (χ3n) is 2.89. The molecule has 1 aliphatic rings. The van der Waals surface area contributed by atoms with Crippen LogP contribution in [-0.4, -0.2) is 25.3 Å². The van der Waals surface area contributed by atoms with E-state index >= 15 is 0 Å². The van der Waals surface area contributed by atoms with E-state index in [1.54, 1.807) is 16.4 Å². The first-order chi connectivity index (χ1) is 7.55. The third kappa shape index (κ3) is 2.13. The Morgan fingerprint density at radius 3 is 2.25 bits per heavy atom. The summed E-state index contributed by atoms with van der Waals surface area (Å²) in [7, 11) is -3.27. The van der Waals surface area contributed by atoms with Crippen LogP contribution < -0.4 is 0 Å². The molecule has 0 heterocycles. The minimum atomic E-state index is -3.27.